The summed E-state index contributed by atoms with van der Waals surface area (Å²) in [5.74, 6) is -2.38. The lowest BCUT2D eigenvalue weighted by molar-refractivity contribution is -0.462. The van der Waals surface area contributed by atoms with E-state index in [4.69, 9.17) is 36.7 Å². The lowest BCUT2D eigenvalue weighted by Gasteiger charge is -2.39. The van der Waals surface area contributed by atoms with Crippen molar-refractivity contribution in [3.05, 3.63) is 82.5 Å². The molecule has 4 rings (SSSR count). The van der Waals surface area contributed by atoms with Gasteiger partial charge in [0.2, 0.25) is 13.6 Å². The fraction of sp³-hybridized carbons (Fsp3) is 0.395. The van der Waals surface area contributed by atoms with E-state index < -0.39 is 66.2 Å². The van der Waals surface area contributed by atoms with Gasteiger partial charge in [-0.3, -0.25) is 19.2 Å². The smallest absolute Gasteiger partial charge is 0.485 e. The van der Waals surface area contributed by atoms with Gasteiger partial charge in [0.25, 0.3) is 0 Å². The third-order valence-corrected chi connectivity index (χ3v) is 9.19. The summed E-state index contributed by atoms with van der Waals surface area (Å²) in [5.41, 5.74) is 2.73. The van der Waals surface area contributed by atoms with E-state index in [9.17, 15) is 32.3 Å². The average molecular weight is 824 g/mol. The van der Waals surface area contributed by atoms with Gasteiger partial charge in [-0.15, -0.1) is 0 Å². The lowest BCUT2D eigenvalue weighted by atomic mass is 9.64. The molecule has 0 aromatic heterocycles. The van der Waals surface area contributed by atoms with Crippen LogP contribution in [-0.4, -0.2) is 115 Å². The van der Waals surface area contributed by atoms with Crippen LogP contribution in [-0.2, 0) is 53.7 Å². The monoisotopic (exact) mass is 823 g/mol. The normalized spacial score (nSPS) is 14.1. The molecule has 19 heteroatoms. The van der Waals surface area contributed by atoms with Crippen LogP contribution in [0.5, 0.6) is 5.75 Å². The van der Waals surface area contributed by atoms with Crippen molar-refractivity contribution in [3.63, 3.8) is 0 Å². The van der Waals surface area contributed by atoms with E-state index >= 15 is 0 Å². The molecule has 0 aliphatic heterocycles. The Morgan fingerprint density at radius 1 is 0.860 bits per heavy atom. The molecule has 2 aliphatic rings. The number of hydrogen-bond acceptors (Lipinski definition) is 14. The van der Waals surface area contributed by atoms with Crippen LogP contribution < -0.4 is 14.5 Å². The molecule has 0 unspecified atom stereocenters. The van der Waals surface area contributed by atoms with Crippen molar-refractivity contribution in [2.45, 2.75) is 38.6 Å². The molecule has 0 heterocycles. The average Bonchev–Trinajstić information content (AvgIpc) is 3.10. The summed E-state index contributed by atoms with van der Waals surface area (Å²) < 4.78 is 86.4. The molecule has 0 amide bonds. The molecule has 0 spiro atoms. The molecule has 0 radical (unpaired) electrons. The standard InChI is InChI=1S/C37H44N3O9.CHF3O3S/c1-23(41)46-21-48-34(43)19-40(20-35(44)49-22-47-24(2)42)32-16-25(10-15-33(32)45-9)36-28-13-11-26(38(5)6)17-30(28)37(3,4)31-18-27(39(7)8)12-14-29(31)36;2-1(3,4)8(5,6)7/h10-18H,19-22H2,1-9H3;(H,5,6,7)/q+1;/p-1. The minimum Gasteiger partial charge on any atom is -0.741 e. The molecule has 310 valence electrons. The first-order valence-corrected chi connectivity index (χ1v) is 18.3. The Labute approximate surface area is 328 Å². The number of alkyl halides is 3. The van der Waals surface area contributed by atoms with Crippen molar-refractivity contribution in [1.82, 2.24) is 0 Å². The number of nitrogens with zero attached hydrogens (tertiary/aromatic N) is 3. The second-order valence-electron chi connectivity index (χ2n) is 13.4. The van der Waals surface area contributed by atoms with Gasteiger partial charge in [0, 0.05) is 51.2 Å². The topological polar surface area (TPSA) is 181 Å². The predicted molar refractivity (Wildman–Crippen MR) is 201 cm³/mol. The fourth-order valence-corrected chi connectivity index (χ4v) is 5.77. The number of rotatable bonds is 12. The van der Waals surface area contributed by atoms with Gasteiger partial charge in [-0.1, -0.05) is 26.0 Å². The van der Waals surface area contributed by atoms with Gasteiger partial charge in [-0.25, -0.2) is 13.0 Å². The molecule has 0 atom stereocenters. The number of fused-ring (bicyclic) bond motifs is 2. The summed E-state index contributed by atoms with van der Waals surface area (Å²) in [5, 5.41) is 0. The zero-order valence-corrected chi connectivity index (χ0v) is 33.6. The van der Waals surface area contributed by atoms with Crippen molar-refractivity contribution >= 4 is 56.7 Å². The Balaban J connectivity index is 0.000000980. The first-order valence-electron chi connectivity index (χ1n) is 16.9. The maximum absolute atomic E-state index is 12.9. The van der Waals surface area contributed by atoms with E-state index in [1.165, 1.54) is 25.9 Å². The van der Waals surface area contributed by atoms with E-state index in [1.807, 2.05) is 40.3 Å². The highest BCUT2D eigenvalue weighted by Gasteiger charge is 2.39. The number of allylic oxidation sites excluding steroid dienone is 5. The van der Waals surface area contributed by atoms with E-state index in [2.05, 4.69) is 59.8 Å². The van der Waals surface area contributed by atoms with Crippen LogP contribution in [0.3, 0.4) is 0 Å². The van der Waals surface area contributed by atoms with Crippen LogP contribution in [0.4, 0.5) is 24.5 Å². The van der Waals surface area contributed by atoms with Crippen molar-refractivity contribution in [2.75, 3.05) is 71.8 Å². The molecular weight excluding hydrogens is 779 g/mol. The molecule has 2 aromatic rings. The Kier molecular flexibility index (Phi) is 14.8. The highest BCUT2D eigenvalue weighted by atomic mass is 32.2. The minimum absolute atomic E-state index is 0.342. The van der Waals surface area contributed by atoms with Crippen LogP contribution in [0.2, 0.25) is 0 Å². The van der Waals surface area contributed by atoms with Gasteiger partial charge in [0.05, 0.1) is 12.8 Å². The van der Waals surface area contributed by atoms with E-state index in [0.29, 0.717) is 11.4 Å². The van der Waals surface area contributed by atoms with Gasteiger partial charge in [-0.05, 0) is 63.8 Å². The number of halogens is 3. The van der Waals surface area contributed by atoms with Crippen LogP contribution in [0.1, 0.15) is 44.4 Å². The van der Waals surface area contributed by atoms with E-state index in [-0.39, 0.29) is 5.41 Å². The highest BCUT2D eigenvalue weighted by Crippen LogP contribution is 2.51. The molecule has 2 aliphatic carbocycles. The largest absolute Gasteiger partial charge is 0.741 e. The van der Waals surface area contributed by atoms with Crippen molar-refractivity contribution in [3.8, 4) is 5.75 Å². The van der Waals surface area contributed by atoms with Crippen molar-refractivity contribution in [2.24, 2.45) is 0 Å². The van der Waals surface area contributed by atoms with Crippen LogP contribution in [0.25, 0.3) is 5.57 Å². The fourth-order valence-electron chi connectivity index (χ4n) is 5.77. The maximum atomic E-state index is 12.9. The number of methoxy groups -OCH3 is 1. The zero-order valence-electron chi connectivity index (χ0n) is 32.8. The predicted octanol–water partition coefficient (Wildman–Crippen LogP) is 4.05. The molecule has 57 heavy (non-hydrogen) atoms. The maximum Gasteiger partial charge on any atom is 0.485 e. The summed E-state index contributed by atoms with van der Waals surface area (Å²) in [7, 11) is 3.45. The SMILES string of the molecule is COc1ccc(C2=C3C=CC(=[N+](C)C)C=C3C(C)(C)c3cc(N(C)C)ccc32)cc1N(CC(=O)OCOC(C)=O)CC(=O)OCOC(C)=O.O=S(=O)([O-])C(F)(F)F. The van der Waals surface area contributed by atoms with Crippen LogP contribution >= 0.6 is 0 Å². The first kappa shape index (κ1) is 45.7. The molecular formula is C38H44F3N3O12S. The molecule has 0 saturated heterocycles. The molecule has 2 aromatic carbocycles. The number of benzene rings is 2. The summed E-state index contributed by atoms with van der Waals surface area (Å²) in [6.07, 6.45) is 6.43. The molecule has 0 bridgehead atoms. The zero-order chi connectivity index (χ0) is 43.0. The van der Waals surface area contributed by atoms with Crippen molar-refractivity contribution < 1.29 is 73.6 Å². The van der Waals surface area contributed by atoms with Gasteiger partial charge in [0.15, 0.2) is 15.8 Å². The number of hydrogen-bond donors (Lipinski definition) is 0. The molecule has 0 saturated carbocycles. The van der Waals surface area contributed by atoms with Crippen molar-refractivity contribution in [1.29, 1.82) is 0 Å². The second kappa shape index (κ2) is 18.5. The lowest BCUT2D eigenvalue weighted by Crippen LogP contribution is -2.37. The number of carbonyl (C=O) groups is 4. The molecule has 15 nitrogen and oxygen atoms in total. The van der Waals surface area contributed by atoms with Crippen LogP contribution in [0.15, 0.2) is 65.8 Å². The summed E-state index contributed by atoms with van der Waals surface area (Å²) in [6, 6.07) is 12.0. The van der Waals surface area contributed by atoms with Gasteiger partial charge in [-0.2, -0.15) is 13.2 Å². The summed E-state index contributed by atoms with van der Waals surface area (Å²) >= 11 is 0. The number of esters is 4. The Morgan fingerprint density at radius 2 is 1.40 bits per heavy atom. The van der Waals surface area contributed by atoms with E-state index in [0.717, 1.165) is 44.8 Å². The third-order valence-electron chi connectivity index (χ3n) is 8.62. The third kappa shape index (κ3) is 11.7. The summed E-state index contributed by atoms with van der Waals surface area (Å²) in [6.45, 7) is 4.84. The van der Waals surface area contributed by atoms with Crippen LogP contribution in [0, 0.1) is 0 Å². The van der Waals surface area contributed by atoms with E-state index in [1.54, 1.807) is 6.07 Å². The van der Waals surface area contributed by atoms with Gasteiger partial charge in [0.1, 0.15) is 32.9 Å². The second-order valence-corrected chi connectivity index (χ2v) is 14.8. The van der Waals surface area contributed by atoms with Gasteiger partial charge >= 0.3 is 29.4 Å². The number of ether oxygens (including phenoxy) is 5. The first-order chi connectivity index (χ1) is 26.4. The minimum atomic E-state index is -6.09. The Bertz CT molecular complexity index is 2100. The van der Waals surface area contributed by atoms with Gasteiger partial charge < -0.3 is 38.0 Å². The quantitative estimate of drug-likeness (QED) is 0.0984. The number of carbonyl (C=O) groups excluding carboxylic acids is 4. The number of anilines is 2. The molecule has 0 fully saturated rings. The summed E-state index contributed by atoms with van der Waals surface area (Å²) in [4.78, 5) is 51.8. The molecule has 0 N–H and O–H groups in total. The Hall–Kier alpha value is -5.69. The Morgan fingerprint density at radius 3 is 1.86 bits per heavy atom. The highest BCUT2D eigenvalue weighted by molar-refractivity contribution is 7.86.